The maximum atomic E-state index is 5.81. The molecule has 0 unspecified atom stereocenters. The van der Waals surface area contributed by atoms with Gasteiger partial charge in [-0.15, -0.1) is 0 Å². The average molecular weight is 364 g/mol. The summed E-state index contributed by atoms with van der Waals surface area (Å²) in [6.45, 7) is 3.80. The zero-order valence-electron chi connectivity index (χ0n) is 15.6. The molecule has 0 saturated carbocycles. The molecule has 1 heterocycles. The van der Waals surface area contributed by atoms with E-state index in [1.807, 2.05) is 67.6 Å². The Morgan fingerprint density at radius 3 is 2.48 bits per heavy atom. The molecule has 0 aliphatic rings. The molecule has 140 valence electrons. The van der Waals surface area contributed by atoms with Crippen LogP contribution in [0.2, 0.25) is 0 Å². The Balaban J connectivity index is 1.59. The standard InChI is InChI=1S/C21H24N4O2/c1-16-14-20(22-12-13-26-2)25-21(23-16)24-18-8-10-19(11-9-18)27-15-17-6-4-3-5-7-17/h3-11,14H,12-13,15H2,1-2H3,(H2,22,23,24,25). The van der Waals surface area contributed by atoms with E-state index in [-0.39, 0.29) is 0 Å². The first kappa shape index (κ1) is 18.7. The third kappa shape index (κ3) is 5.97. The number of methoxy groups -OCH3 is 1. The number of benzene rings is 2. The van der Waals surface area contributed by atoms with E-state index >= 15 is 0 Å². The molecule has 0 saturated heterocycles. The second kappa shape index (κ2) is 9.54. The number of rotatable bonds is 9. The zero-order chi connectivity index (χ0) is 18.9. The normalized spacial score (nSPS) is 10.4. The molecule has 0 bridgehead atoms. The van der Waals surface area contributed by atoms with Gasteiger partial charge in [0.05, 0.1) is 6.61 Å². The molecule has 2 aromatic carbocycles. The third-order valence-electron chi connectivity index (χ3n) is 3.83. The lowest BCUT2D eigenvalue weighted by Gasteiger charge is -2.11. The lowest BCUT2D eigenvalue weighted by atomic mass is 10.2. The van der Waals surface area contributed by atoms with E-state index in [1.165, 1.54) is 0 Å². The van der Waals surface area contributed by atoms with Gasteiger partial charge in [-0.1, -0.05) is 30.3 Å². The Morgan fingerprint density at radius 1 is 0.963 bits per heavy atom. The largest absolute Gasteiger partial charge is 0.489 e. The van der Waals surface area contributed by atoms with Crippen LogP contribution in [0, 0.1) is 6.92 Å². The average Bonchev–Trinajstić information content (AvgIpc) is 2.68. The maximum absolute atomic E-state index is 5.81. The molecule has 0 fully saturated rings. The summed E-state index contributed by atoms with van der Waals surface area (Å²) >= 11 is 0. The molecular weight excluding hydrogens is 340 g/mol. The summed E-state index contributed by atoms with van der Waals surface area (Å²) < 4.78 is 10.9. The van der Waals surface area contributed by atoms with E-state index in [2.05, 4.69) is 20.6 Å². The van der Waals surface area contributed by atoms with Gasteiger partial charge >= 0.3 is 0 Å². The molecule has 27 heavy (non-hydrogen) atoms. The van der Waals surface area contributed by atoms with Crippen molar-refractivity contribution in [2.24, 2.45) is 0 Å². The second-order valence-corrected chi connectivity index (χ2v) is 6.06. The number of aromatic nitrogens is 2. The predicted octanol–water partition coefficient (Wildman–Crippen LogP) is 4.17. The van der Waals surface area contributed by atoms with Crippen molar-refractivity contribution in [2.75, 3.05) is 30.9 Å². The van der Waals surface area contributed by atoms with Crippen LogP contribution in [-0.2, 0) is 11.3 Å². The maximum Gasteiger partial charge on any atom is 0.229 e. The van der Waals surface area contributed by atoms with E-state index in [9.17, 15) is 0 Å². The number of aryl methyl sites for hydroxylation is 1. The number of hydrogen-bond acceptors (Lipinski definition) is 6. The predicted molar refractivity (Wildman–Crippen MR) is 108 cm³/mol. The molecule has 2 N–H and O–H groups in total. The van der Waals surface area contributed by atoms with Gasteiger partial charge in [-0.25, -0.2) is 4.98 Å². The molecule has 3 rings (SSSR count). The van der Waals surface area contributed by atoms with Gasteiger partial charge in [0.2, 0.25) is 5.95 Å². The van der Waals surface area contributed by atoms with Gasteiger partial charge in [-0.05, 0) is 36.8 Å². The highest BCUT2D eigenvalue weighted by atomic mass is 16.5. The summed E-state index contributed by atoms with van der Waals surface area (Å²) in [6, 6.07) is 19.8. The lowest BCUT2D eigenvalue weighted by molar-refractivity contribution is 0.210. The molecule has 0 radical (unpaired) electrons. The Labute approximate surface area is 159 Å². The van der Waals surface area contributed by atoms with E-state index in [1.54, 1.807) is 7.11 Å². The first-order valence-corrected chi connectivity index (χ1v) is 8.85. The molecule has 6 heteroatoms. The van der Waals surface area contributed by atoms with Gasteiger partial charge in [0, 0.05) is 31.1 Å². The summed E-state index contributed by atoms with van der Waals surface area (Å²) in [7, 11) is 1.67. The smallest absolute Gasteiger partial charge is 0.229 e. The van der Waals surface area contributed by atoms with Crippen LogP contribution >= 0.6 is 0 Å². The first-order chi connectivity index (χ1) is 13.2. The van der Waals surface area contributed by atoms with Gasteiger partial charge in [-0.3, -0.25) is 0 Å². The summed E-state index contributed by atoms with van der Waals surface area (Å²) in [6.07, 6.45) is 0. The summed E-state index contributed by atoms with van der Waals surface area (Å²) in [5, 5.41) is 6.45. The SMILES string of the molecule is COCCNc1cc(C)nc(Nc2ccc(OCc3ccccc3)cc2)n1. The van der Waals surface area contributed by atoms with Crippen molar-refractivity contribution in [1.82, 2.24) is 9.97 Å². The number of anilines is 3. The summed E-state index contributed by atoms with van der Waals surface area (Å²) in [5.41, 5.74) is 2.92. The van der Waals surface area contributed by atoms with Crippen LogP contribution in [0.4, 0.5) is 17.5 Å². The quantitative estimate of drug-likeness (QED) is 0.556. The highest BCUT2D eigenvalue weighted by Gasteiger charge is 2.03. The van der Waals surface area contributed by atoms with Crippen LogP contribution in [-0.4, -0.2) is 30.2 Å². The van der Waals surface area contributed by atoms with Gasteiger partial charge in [0.1, 0.15) is 18.2 Å². The van der Waals surface area contributed by atoms with Gasteiger partial charge in [0.15, 0.2) is 0 Å². The molecule has 3 aromatic rings. The Morgan fingerprint density at radius 2 is 1.74 bits per heavy atom. The van der Waals surface area contributed by atoms with Crippen molar-refractivity contribution >= 4 is 17.5 Å². The minimum absolute atomic E-state index is 0.547. The number of ether oxygens (including phenoxy) is 2. The topological polar surface area (TPSA) is 68.3 Å². The fourth-order valence-electron chi connectivity index (χ4n) is 2.50. The number of hydrogen-bond donors (Lipinski definition) is 2. The van der Waals surface area contributed by atoms with Crippen LogP contribution in [0.25, 0.3) is 0 Å². The third-order valence-corrected chi connectivity index (χ3v) is 3.83. The monoisotopic (exact) mass is 364 g/mol. The van der Waals surface area contributed by atoms with Gasteiger partial charge in [-0.2, -0.15) is 4.98 Å². The first-order valence-electron chi connectivity index (χ1n) is 8.85. The molecule has 6 nitrogen and oxygen atoms in total. The fraction of sp³-hybridized carbons (Fsp3) is 0.238. The van der Waals surface area contributed by atoms with Gasteiger partial charge in [0.25, 0.3) is 0 Å². The van der Waals surface area contributed by atoms with Gasteiger partial charge < -0.3 is 20.1 Å². The van der Waals surface area contributed by atoms with Crippen molar-refractivity contribution in [2.45, 2.75) is 13.5 Å². The van der Waals surface area contributed by atoms with E-state index in [0.29, 0.717) is 25.7 Å². The van der Waals surface area contributed by atoms with Crippen molar-refractivity contribution in [3.05, 3.63) is 71.9 Å². The van der Waals surface area contributed by atoms with Crippen molar-refractivity contribution in [1.29, 1.82) is 0 Å². The Bertz CT molecular complexity index is 839. The minimum Gasteiger partial charge on any atom is -0.489 e. The molecule has 0 aliphatic heterocycles. The molecule has 0 atom stereocenters. The zero-order valence-corrected chi connectivity index (χ0v) is 15.6. The van der Waals surface area contributed by atoms with E-state index in [0.717, 1.165) is 28.5 Å². The molecular formula is C21H24N4O2. The number of nitrogens with one attached hydrogen (secondary N) is 2. The van der Waals surface area contributed by atoms with E-state index < -0.39 is 0 Å². The highest BCUT2D eigenvalue weighted by Crippen LogP contribution is 2.20. The Kier molecular flexibility index (Phi) is 6.60. The molecule has 0 aliphatic carbocycles. The Hall–Kier alpha value is -3.12. The second-order valence-electron chi connectivity index (χ2n) is 6.06. The summed E-state index contributed by atoms with van der Waals surface area (Å²) in [4.78, 5) is 8.91. The lowest BCUT2D eigenvalue weighted by Crippen LogP contribution is -2.10. The molecule has 0 spiro atoms. The van der Waals surface area contributed by atoms with Crippen LogP contribution in [0.5, 0.6) is 5.75 Å². The van der Waals surface area contributed by atoms with Crippen molar-refractivity contribution in [3.63, 3.8) is 0 Å². The number of nitrogens with zero attached hydrogens (tertiary/aromatic N) is 2. The van der Waals surface area contributed by atoms with Crippen molar-refractivity contribution in [3.8, 4) is 5.75 Å². The minimum atomic E-state index is 0.547. The fourth-order valence-corrected chi connectivity index (χ4v) is 2.50. The molecule has 0 amide bonds. The molecule has 1 aromatic heterocycles. The van der Waals surface area contributed by atoms with Crippen LogP contribution in [0.3, 0.4) is 0 Å². The van der Waals surface area contributed by atoms with Crippen LogP contribution < -0.4 is 15.4 Å². The van der Waals surface area contributed by atoms with Crippen LogP contribution in [0.1, 0.15) is 11.3 Å². The highest BCUT2D eigenvalue weighted by molar-refractivity contribution is 5.56. The van der Waals surface area contributed by atoms with E-state index in [4.69, 9.17) is 9.47 Å². The van der Waals surface area contributed by atoms with Crippen LogP contribution in [0.15, 0.2) is 60.7 Å². The summed E-state index contributed by atoms with van der Waals surface area (Å²) in [5.74, 6) is 2.13. The van der Waals surface area contributed by atoms with Crippen molar-refractivity contribution < 1.29 is 9.47 Å².